The number of hydrogen-bond donors (Lipinski definition) is 0. The van der Waals surface area contributed by atoms with Gasteiger partial charge in [-0.25, -0.2) is 0 Å². The van der Waals surface area contributed by atoms with Crippen LogP contribution in [0.4, 0.5) is 3.89 Å². The first-order valence-corrected chi connectivity index (χ1v) is 4.86. The van der Waals surface area contributed by atoms with Gasteiger partial charge < -0.3 is 0 Å². The van der Waals surface area contributed by atoms with Crippen molar-refractivity contribution in [2.75, 3.05) is 0 Å². The summed E-state index contributed by atoms with van der Waals surface area (Å²) in [5.41, 5.74) is 1.13. The molecular weight excluding hydrogens is 181 g/mol. The van der Waals surface area contributed by atoms with Crippen LogP contribution in [0.1, 0.15) is 11.1 Å². The highest BCUT2D eigenvalue weighted by Crippen LogP contribution is 2.10. The summed E-state index contributed by atoms with van der Waals surface area (Å²) in [4.78, 5) is 3.76. The minimum atomic E-state index is -4.43. The van der Waals surface area contributed by atoms with E-state index in [1.807, 2.05) is 0 Å². The van der Waals surface area contributed by atoms with E-state index in [0.29, 0.717) is 11.1 Å². The van der Waals surface area contributed by atoms with Crippen molar-refractivity contribution < 1.29 is 12.3 Å². The first-order chi connectivity index (χ1) is 5.49. The molecule has 0 N–H and O–H groups in total. The second-order valence-electron chi connectivity index (χ2n) is 2.49. The summed E-state index contributed by atoms with van der Waals surface area (Å²) < 4.78 is 32.7. The molecule has 1 heterocycles. The van der Waals surface area contributed by atoms with E-state index in [4.69, 9.17) is 0 Å². The third kappa shape index (κ3) is 2.58. The number of pyridine rings is 1. The fourth-order valence-electron chi connectivity index (χ4n) is 0.850. The molecule has 0 saturated heterocycles. The smallest absolute Gasteiger partial charge is 0.264 e. The Morgan fingerprint density at radius 3 is 2.75 bits per heavy atom. The summed E-state index contributed by atoms with van der Waals surface area (Å²) in [6.45, 7) is 1.69. The standard InChI is InChI=1S/C7H8FNO2S/c1-6-4-9-3-2-7(6)5-12(8,10)11/h2-4H,5H2,1H3. The Bertz CT molecular complexity index is 375. The fourth-order valence-corrected chi connectivity index (χ4v) is 1.55. The van der Waals surface area contributed by atoms with E-state index in [-0.39, 0.29) is 0 Å². The molecule has 12 heavy (non-hydrogen) atoms. The lowest BCUT2D eigenvalue weighted by molar-refractivity contribution is 0.551. The van der Waals surface area contributed by atoms with Gasteiger partial charge in [0.05, 0.1) is 0 Å². The molecule has 5 heteroatoms. The van der Waals surface area contributed by atoms with Crippen molar-refractivity contribution in [3.05, 3.63) is 29.6 Å². The monoisotopic (exact) mass is 189 g/mol. The van der Waals surface area contributed by atoms with Crippen LogP contribution in [0.2, 0.25) is 0 Å². The van der Waals surface area contributed by atoms with E-state index >= 15 is 0 Å². The van der Waals surface area contributed by atoms with Crippen LogP contribution < -0.4 is 0 Å². The lowest BCUT2D eigenvalue weighted by atomic mass is 10.2. The largest absolute Gasteiger partial charge is 0.306 e. The zero-order chi connectivity index (χ0) is 9.19. The molecule has 0 aliphatic rings. The lowest BCUT2D eigenvalue weighted by Gasteiger charge is -1.99. The number of halogens is 1. The van der Waals surface area contributed by atoms with E-state index in [2.05, 4.69) is 4.98 Å². The molecule has 0 fully saturated rings. The van der Waals surface area contributed by atoms with Gasteiger partial charge in [-0.15, -0.1) is 3.89 Å². The molecule has 0 radical (unpaired) electrons. The lowest BCUT2D eigenvalue weighted by Crippen LogP contribution is -1.98. The van der Waals surface area contributed by atoms with Gasteiger partial charge in [-0.05, 0) is 24.1 Å². The van der Waals surface area contributed by atoms with Gasteiger partial charge in [0.1, 0.15) is 5.75 Å². The molecule has 1 rings (SSSR count). The van der Waals surface area contributed by atoms with E-state index in [9.17, 15) is 12.3 Å². The van der Waals surface area contributed by atoms with Gasteiger partial charge in [0, 0.05) is 12.4 Å². The molecule has 1 aromatic rings. The van der Waals surface area contributed by atoms with Crippen LogP contribution in [0.5, 0.6) is 0 Å². The Balaban J connectivity index is 2.98. The van der Waals surface area contributed by atoms with Crippen molar-refractivity contribution in [2.24, 2.45) is 0 Å². The third-order valence-electron chi connectivity index (χ3n) is 1.46. The molecule has 0 atom stereocenters. The van der Waals surface area contributed by atoms with Gasteiger partial charge in [0.15, 0.2) is 0 Å². The zero-order valence-electron chi connectivity index (χ0n) is 6.49. The molecule has 0 aromatic carbocycles. The second kappa shape index (κ2) is 3.18. The Morgan fingerprint density at radius 2 is 2.25 bits per heavy atom. The number of aryl methyl sites for hydroxylation is 1. The number of rotatable bonds is 2. The van der Waals surface area contributed by atoms with Gasteiger partial charge in [0.2, 0.25) is 0 Å². The molecule has 0 amide bonds. The van der Waals surface area contributed by atoms with Crippen LogP contribution >= 0.6 is 0 Å². The Morgan fingerprint density at radius 1 is 1.58 bits per heavy atom. The summed E-state index contributed by atoms with van der Waals surface area (Å²) >= 11 is 0. The van der Waals surface area contributed by atoms with Crippen molar-refractivity contribution in [1.82, 2.24) is 4.98 Å². The number of aromatic nitrogens is 1. The van der Waals surface area contributed by atoms with E-state index < -0.39 is 16.0 Å². The molecule has 0 aliphatic heterocycles. The van der Waals surface area contributed by atoms with Gasteiger partial charge >= 0.3 is 10.2 Å². The van der Waals surface area contributed by atoms with Gasteiger partial charge in [0.25, 0.3) is 0 Å². The fraction of sp³-hybridized carbons (Fsp3) is 0.286. The minimum absolute atomic E-state index is 0.451. The van der Waals surface area contributed by atoms with Crippen LogP contribution in [0.15, 0.2) is 18.5 Å². The van der Waals surface area contributed by atoms with E-state index in [0.717, 1.165) is 0 Å². The highest BCUT2D eigenvalue weighted by molar-refractivity contribution is 7.85. The highest BCUT2D eigenvalue weighted by atomic mass is 32.3. The molecule has 0 saturated carbocycles. The first kappa shape index (κ1) is 9.12. The van der Waals surface area contributed by atoms with Crippen molar-refractivity contribution in [2.45, 2.75) is 12.7 Å². The summed E-state index contributed by atoms with van der Waals surface area (Å²) in [5.74, 6) is -0.568. The summed E-state index contributed by atoms with van der Waals surface area (Å²) in [5, 5.41) is 0. The van der Waals surface area contributed by atoms with Crippen LogP contribution in [0.3, 0.4) is 0 Å². The Labute approximate surface area is 70.5 Å². The quantitative estimate of drug-likeness (QED) is 0.656. The molecule has 66 valence electrons. The first-order valence-electron chi connectivity index (χ1n) is 3.31. The topological polar surface area (TPSA) is 47.0 Å². The maximum Gasteiger partial charge on any atom is 0.306 e. The predicted octanol–water partition coefficient (Wildman–Crippen LogP) is 1.19. The summed E-state index contributed by atoms with van der Waals surface area (Å²) in [7, 11) is -4.43. The molecule has 0 bridgehead atoms. The Hall–Kier alpha value is -0.970. The van der Waals surface area contributed by atoms with Crippen LogP contribution in [0.25, 0.3) is 0 Å². The van der Waals surface area contributed by atoms with Crippen molar-refractivity contribution in [3.8, 4) is 0 Å². The van der Waals surface area contributed by atoms with Gasteiger partial charge in [-0.2, -0.15) is 8.42 Å². The van der Waals surface area contributed by atoms with Crippen molar-refractivity contribution in [3.63, 3.8) is 0 Å². The maximum absolute atomic E-state index is 12.2. The molecular formula is C7H8FNO2S. The van der Waals surface area contributed by atoms with Crippen molar-refractivity contribution >= 4 is 10.2 Å². The van der Waals surface area contributed by atoms with Gasteiger partial charge in [-0.1, -0.05) is 0 Å². The SMILES string of the molecule is Cc1cnccc1CS(=O)(=O)F. The number of nitrogens with zero attached hydrogens (tertiary/aromatic N) is 1. The third-order valence-corrected chi connectivity index (χ3v) is 2.12. The number of hydrogen-bond acceptors (Lipinski definition) is 3. The van der Waals surface area contributed by atoms with Crippen LogP contribution in [-0.2, 0) is 16.0 Å². The van der Waals surface area contributed by atoms with Crippen LogP contribution in [-0.4, -0.2) is 13.4 Å². The van der Waals surface area contributed by atoms with E-state index in [1.54, 1.807) is 6.92 Å². The molecule has 3 nitrogen and oxygen atoms in total. The normalized spacial score (nSPS) is 11.5. The molecule has 0 spiro atoms. The molecule has 0 aliphatic carbocycles. The Kier molecular flexibility index (Phi) is 2.42. The summed E-state index contributed by atoms with van der Waals surface area (Å²) in [6.07, 6.45) is 2.94. The van der Waals surface area contributed by atoms with Crippen LogP contribution in [0, 0.1) is 6.92 Å². The maximum atomic E-state index is 12.2. The molecule has 1 aromatic heterocycles. The van der Waals surface area contributed by atoms with Gasteiger partial charge in [-0.3, -0.25) is 4.98 Å². The minimum Gasteiger partial charge on any atom is -0.264 e. The summed E-state index contributed by atoms with van der Waals surface area (Å²) in [6, 6.07) is 1.49. The highest BCUT2D eigenvalue weighted by Gasteiger charge is 2.09. The zero-order valence-corrected chi connectivity index (χ0v) is 7.31. The average Bonchev–Trinajstić information content (AvgIpc) is 1.91. The predicted molar refractivity (Wildman–Crippen MR) is 42.7 cm³/mol. The second-order valence-corrected chi connectivity index (χ2v) is 3.85. The average molecular weight is 189 g/mol. The van der Waals surface area contributed by atoms with E-state index in [1.165, 1.54) is 18.5 Å². The molecule has 0 unspecified atom stereocenters. The van der Waals surface area contributed by atoms with Crippen molar-refractivity contribution in [1.29, 1.82) is 0 Å².